The molecule has 18 heavy (non-hydrogen) atoms. The van der Waals surface area contributed by atoms with Crippen LogP contribution in [0.1, 0.15) is 37.8 Å². The minimum absolute atomic E-state index is 0.0810. The molecule has 0 aromatic heterocycles. The Balaban J connectivity index is 2.49. The van der Waals surface area contributed by atoms with Crippen LogP contribution in [0.2, 0.25) is 0 Å². The summed E-state index contributed by atoms with van der Waals surface area (Å²) in [6.07, 6.45) is 2.95. The lowest BCUT2D eigenvalue weighted by atomic mass is 9.95. The van der Waals surface area contributed by atoms with Crippen LogP contribution in [-0.4, -0.2) is 18.8 Å². The summed E-state index contributed by atoms with van der Waals surface area (Å²) >= 11 is 0. The van der Waals surface area contributed by atoms with Gasteiger partial charge in [-0.2, -0.15) is 0 Å². The van der Waals surface area contributed by atoms with Crippen molar-refractivity contribution in [1.29, 1.82) is 0 Å². The van der Waals surface area contributed by atoms with Gasteiger partial charge in [0.05, 0.1) is 5.60 Å². The molecule has 1 atom stereocenters. The minimum atomic E-state index is -0.0810. The van der Waals surface area contributed by atoms with E-state index in [2.05, 4.69) is 50.5 Å². The van der Waals surface area contributed by atoms with E-state index in [-0.39, 0.29) is 5.60 Å². The maximum absolute atomic E-state index is 5.63. The number of rotatable bonds is 7. The third kappa shape index (κ3) is 5.17. The summed E-state index contributed by atoms with van der Waals surface area (Å²) in [7, 11) is 1.75. The van der Waals surface area contributed by atoms with E-state index in [1.165, 1.54) is 11.1 Å². The van der Waals surface area contributed by atoms with Gasteiger partial charge in [-0.3, -0.25) is 11.3 Å². The molecule has 0 amide bonds. The first-order valence-corrected chi connectivity index (χ1v) is 6.53. The molecule has 0 fully saturated rings. The second-order valence-corrected chi connectivity index (χ2v) is 5.56. The lowest BCUT2D eigenvalue weighted by Gasteiger charge is -2.25. The zero-order chi connectivity index (χ0) is 13.6. The first-order valence-electron chi connectivity index (χ1n) is 6.53. The van der Waals surface area contributed by atoms with Gasteiger partial charge >= 0.3 is 0 Å². The van der Waals surface area contributed by atoms with E-state index in [9.17, 15) is 0 Å². The Hall–Kier alpha value is -0.900. The molecule has 0 aliphatic heterocycles. The highest BCUT2D eigenvalue weighted by molar-refractivity contribution is 5.22. The Morgan fingerprint density at radius 1 is 1.28 bits per heavy atom. The van der Waals surface area contributed by atoms with E-state index >= 15 is 0 Å². The van der Waals surface area contributed by atoms with Gasteiger partial charge in [0.25, 0.3) is 0 Å². The number of hydrazine groups is 1. The normalized spacial score (nSPS) is 13.6. The topological polar surface area (TPSA) is 47.3 Å². The van der Waals surface area contributed by atoms with E-state index < -0.39 is 0 Å². The van der Waals surface area contributed by atoms with Gasteiger partial charge < -0.3 is 4.74 Å². The predicted molar refractivity (Wildman–Crippen MR) is 76.3 cm³/mol. The Bertz CT molecular complexity index is 346. The molecule has 1 aromatic rings. The summed E-state index contributed by atoms with van der Waals surface area (Å²) in [5, 5.41) is 0. The van der Waals surface area contributed by atoms with Gasteiger partial charge in [0.2, 0.25) is 0 Å². The number of nitrogens with one attached hydrogen (secondary N) is 1. The van der Waals surface area contributed by atoms with Gasteiger partial charge in [0.15, 0.2) is 0 Å². The molecule has 3 N–H and O–H groups in total. The number of methoxy groups -OCH3 is 1. The van der Waals surface area contributed by atoms with E-state index in [1.807, 2.05) is 0 Å². The summed E-state index contributed by atoms with van der Waals surface area (Å²) in [4.78, 5) is 0. The molecular weight excluding hydrogens is 224 g/mol. The molecule has 0 bridgehead atoms. The van der Waals surface area contributed by atoms with Gasteiger partial charge in [-0.15, -0.1) is 0 Å². The molecule has 3 nitrogen and oxygen atoms in total. The molecule has 1 rings (SSSR count). The number of hydrogen-bond donors (Lipinski definition) is 2. The quantitative estimate of drug-likeness (QED) is 0.577. The summed E-state index contributed by atoms with van der Waals surface area (Å²) in [6.45, 7) is 6.31. The lowest BCUT2D eigenvalue weighted by Crippen LogP contribution is -2.38. The van der Waals surface area contributed by atoms with Crippen molar-refractivity contribution in [2.24, 2.45) is 5.84 Å². The molecule has 0 spiro atoms. The van der Waals surface area contributed by atoms with Crippen molar-refractivity contribution in [2.75, 3.05) is 7.11 Å². The fourth-order valence-corrected chi connectivity index (χ4v) is 1.88. The van der Waals surface area contributed by atoms with Crippen LogP contribution in [-0.2, 0) is 11.2 Å². The summed E-state index contributed by atoms with van der Waals surface area (Å²) in [5.74, 6) is 5.63. The zero-order valence-corrected chi connectivity index (χ0v) is 12.0. The first-order chi connectivity index (χ1) is 8.46. The van der Waals surface area contributed by atoms with Crippen LogP contribution in [0.5, 0.6) is 0 Å². The van der Waals surface area contributed by atoms with Crippen LogP contribution >= 0.6 is 0 Å². The highest BCUT2D eigenvalue weighted by Crippen LogP contribution is 2.18. The largest absolute Gasteiger partial charge is 0.379 e. The Kier molecular flexibility index (Phi) is 5.79. The average Bonchev–Trinajstić information content (AvgIpc) is 2.37. The van der Waals surface area contributed by atoms with Crippen LogP contribution < -0.4 is 11.3 Å². The zero-order valence-electron chi connectivity index (χ0n) is 12.0. The van der Waals surface area contributed by atoms with Crippen molar-refractivity contribution in [3.63, 3.8) is 0 Å². The molecule has 102 valence electrons. The van der Waals surface area contributed by atoms with Crippen LogP contribution in [0.15, 0.2) is 24.3 Å². The van der Waals surface area contributed by atoms with Gasteiger partial charge in [-0.05, 0) is 45.6 Å². The van der Waals surface area contributed by atoms with Gasteiger partial charge in [-0.1, -0.05) is 29.8 Å². The van der Waals surface area contributed by atoms with Crippen molar-refractivity contribution in [3.8, 4) is 0 Å². The highest BCUT2D eigenvalue weighted by Gasteiger charge is 2.18. The van der Waals surface area contributed by atoms with Crippen LogP contribution in [0.3, 0.4) is 0 Å². The van der Waals surface area contributed by atoms with Crippen molar-refractivity contribution >= 4 is 0 Å². The van der Waals surface area contributed by atoms with Crippen molar-refractivity contribution < 1.29 is 4.74 Å². The number of ether oxygens (including phenoxy) is 1. The van der Waals surface area contributed by atoms with Crippen LogP contribution in [0.4, 0.5) is 0 Å². The van der Waals surface area contributed by atoms with E-state index in [0.29, 0.717) is 6.04 Å². The van der Waals surface area contributed by atoms with Gasteiger partial charge in [0, 0.05) is 13.2 Å². The SMILES string of the molecule is COC(C)(C)CCC(Cc1ccc(C)cc1)NN. The van der Waals surface area contributed by atoms with Crippen LogP contribution in [0.25, 0.3) is 0 Å². The summed E-state index contributed by atoms with van der Waals surface area (Å²) < 4.78 is 5.43. The maximum atomic E-state index is 5.63. The standard InChI is InChI=1S/C15H26N2O/c1-12-5-7-13(8-6-12)11-14(17-16)9-10-15(2,3)18-4/h5-8,14,17H,9-11,16H2,1-4H3. The maximum Gasteiger partial charge on any atom is 0.0623 e. The molecular formula is C15H26N2O. The average molecular weight is 250 g/mol. The molecule has 1 aromatic carbocycles. The van der Waals surface area contributed by atoms with Gasteiger partial charge in [0.1, 0.15) is 0 Å². The smallest absolute Gasteiger partial charge is 0.0623 e. The van der Waals surface area contributed by atoms with E-state index in [4.69, 9.17) is 10.6 Å². The number of aryl methyl sites for hydroxylation is 1. The summed E-state index contributed by atoms with van der Waals surface area (Å²) in [6, 6.07) is 8.91. The number of benzene rings is 1. The van der Waals surface area contributed by atoms with E-state index in [1.54, 1.807) is 7.11 Å². The van der Waals surface area contributed by atoms with Crippen molar-refractivity contribution in [2.45, 2.75) is 51.7 Å². The molecule has 1 unspecified atom stereocenters. The highest BCUT2D eigenvalue weighted by atomic mass is 16.5. The third-order valence-corrected chi connectivity index (χ3v) is 3.49. The summed E-state index contributed by atoms with van der Waals surface area (Å²) in [5.41, 5.74) is 5.43. The molecule has 0 saturated carbocycles. The molecule has 0 aliphatic carbocycles. The molecule has 0 heterocycles. The van der Waals surface area contributed by atoms with Crippen LogP contribution in [0, 0.1) is 6.92 Å². The minimum Gasteiger partial charge on any atom is -0.379 e. The van der Waals surface area contributed by atoms with Gasteiger partial charge in [-0.25, -0.2) is 0 Å². The third-order valence-electron chi connectivity index (χ3n) is 3.49. The molecule has 0 saturated heterocycles. The Labute approximate surface area is 111 Å². The predicted octanol–water partition coefficient (Wildman–Crippen LogP) is 2.57. The lowest BCUT2D eigenvalue weighted by molar-refractivity contribution is 0.0117. The Morgan fingerprint density at radius 2 is 1.89 bits per heavy atom. The number of nitrogens with two attached hydrogens (primary N) is 1. The molecule has 0 radical (unpaired) electrons. The second-order valence-electron chi connectivity index (χ2n) is 5.56. The molecule has 3 heteroatoms. The second kappa shape index (κ2) is 6.88. The fraction of sp³-hybridized carbons (Fsp3) is 0.600. The fourth-order valence-electron chi connectivity index (χ4n) is 1.88. The monoisotopic (exact) mass is 250 g/mol. The van der Waals surface area contributed by atoms with E-state index in [0.717, 1.165) is 19.3 Å². The first kappa shape index (κ1) is 15.2. The van der Waals surface area contributed by atoms with Crippen molar-refractivity contribution in [3.05, 3.63) is 35.4 Å². The van der Waals surface area contributed by atoms with Crippen molar-refractivity contribution in [1.82, 2.24) is 5.43 Å². The number of hydrogen-bond acceptors (Lipinski definition) is 3. The molecule has 0 aliphatic rings. The Morgan fingerprint density at radius 3 is 2.39 bits per heavy atom.